The third-order valence-electron chi connectivity index (χ3n) is 2.15. The molecule has 16 heavy (non-hydrogen) atoms. The number of aryl methyl sites for hydroxylation is 1. The summed E-state index contributed by atoms with van der Waals surface area (Å²) in [5.41, 5.74) is -0.0774. The van der Waals surface area contributed by atoms with Gasteiger partial charge in [0.05, 0.1) is 0 Å². The van der Waals surface area contributed by atoms with E-state index >= 15 is 0 Å². The first-order valence-corrected chi connectivity index (χ1v) is 4.95. The highest BCUT2D eigenvalue weighted by molar-refractivity contribution is 5.91. The van der Waals surface area contributed by atoms with E-state index in [1.807, 2.05) is 0 Å². The van der Waals surface area contributed by atoms with Crippen molar-refractivity contribution in [1.82, 2.24) is 5.32 Å². The molecule has 1 aromatic rings. The molecular formula is C11H14F2N2O. The van der Waals surface area contributed by atoms with Gasteiger partial charge in [-0.25, -0.2) is 8.78 Å². The first-order valence-electron chi connectivity index (χ1n) is 4.95. The van der Waals surface area contributed by atoms with Gasteiger partial charge in [0, 0.05) is 13.0 Å². The smallest absolute Gasteiger partial charge is 0.225 e. The molecule has 5 heteroatoms. The fourth-order valence-corrected chi connectivity index (χ4v) is 1.21. The van der Waals surface area contributed by atoms with Crippen molar-refractivity contribution in [2.24, 2.45) is 0 Å². The molecule has 1 rings (SSSR count). The number of halogens is 2. The van der Waals surface area contributed by atoms with Gasteiger partial charge in [-0.2, -0.15) is 0 Å². The van der Waals surface area contributed by atoms with Crippen LogP contribution in [0.4, 0.5) is 14.5 Å². The highest BCUT2D eigenvalue weighted by Gasteiger charge is 2.13. The Labute approximate surface area is 92.8 Å². The Morgan fingerprint density at radius 1 is 1.38 bits per heavy atom. The summed E-state index contributed by atoms with van der Waals surface area (Å²) in [4.78, 5) is 11.3. The molecule has 0 bridgehead atoms. The van der Waals surface area contributed by atoms with E-state index < -0.39 is 17.5 Å². The van der Waals surface area contributed by atoms with E-state index in [0.717, 1.165) is 6.07 Å². The maximum absolute atomic E-state index is 13.5. The van der Waals surface area contributed by atoms with E-state index in [1.54, 1.807) is 7.05 Å². The highest BCUT2D eigenvalue weighted by Crippen LogP contribution is 2.21. The number of hydrogen-bond donors (Lipinski definition) is 2. The van der Waals surface area contributed by atoms with Crippen LogP contribution in [0.5, 0.6) is 0 Å². The summed E-state index contributed by atoms with van der Waals surface area (Å²) in [6.07, 6.45) is 0.170. The van der Waals surface area contributed by atoms with Gasteiger partial charge in [-0.1, -0.05) is 6.07 Å². The molecule has 0 aliphatic carbocycles. The van der Waals surface area contributed by atoms with Crippen molar-refractivity contribution < 1.29 is 13.6 Å². The van der Waals surface area contributed by atoms with Crippen molar-refractivity contribution in [3.05, 3.63) is 29.3 Å². The molecule has 0 aromatic heterocycles. The summed E-state index contributed by atoms with van der Waals surface area (Å²) < 4.78 is 26.7. The number of rotatable bonds is 4. The van der Waals surface area contributed by atoms with E-state index in [4.69, 9.17) is 0 Å². The Hall–Kier alpha value is -1.49. The molecular weight excluding hydrogens is 214 g/mol. The van der Waals surface area contributed by atoms with Crippen LogP contribution in [0.25, 0.3) is 0 Å². The molecule has 3 nitrogen and oxygen atoms in total. The van der Waals surface area contributed by atoms with Crippen LogP contribution in [0.15, 0.2) is 12.1 Å². The number of benzene rings is 1. The van der Waals surface area contributed by atoms with E-state index in [9.17, 15) is 13.6 Å². The summed E-state index contributed by atoms with van der Waals surface area (Å²) in [5, 5.41) is 5.00. The van der Waals surface area contributed by atoms with Gasteiger partial charge in [0.1, 0.15) is 11.5 Å². The minimum Gasteiger partial charge on any atom is -0.321 e. The van der Waals surface area contributed by atoms with Gasteiger partial charge in [-0.15, -0.1) is 0 Å². The second-order valence-electron chi connectivity index (χ2n) is 3.45. The van der Waals surface area contributed by atoms with Crippen LogP contribution in [0.3, 0.4) is 0 Å². The molecule has 0 unspecified atom stereocenters. The Kier molecular flexibility index (Phi) is 4.37. The lowest BCUT2D eigenvalue weighted by atomic mass is 10.2. The lowest BCUT2D eigenvalue weighted by molar-refractivity contribution is -0.116. The predicted molar refractivity (Wildman–Crippen MR) is 58.3 cm³/mol. The summed E-state index contributed by atoms with van der Waals surface area (Å²) in [7, 11) is 1.70. The van der Waals surface area contributed by atoms with Crippen LogP contribution in [0.2, 0.25) is 0 Å². The molecule has 88 valence electrons. The van der Waals surface area contributed by atoms with Gasteiger partial charge < -0.3 is 10.6 Å². The van der Waals surface area contributed by atoms with Crippen molar-refractivity contribution >= 4 is 11.6 Å². The van der Waals surface area contributed by atoms with Crippen molar-refractivity contribution in [1.29, 1.82) is 0 Å². The van der Waals surface area contributed by atoms with Crippen LogP contribution in [-0.2, 0) is 4.79 Å². The minimum atomic E-state index is -0.763. The van der Waals surface area contributed by atoms with E-state index in [0.29, 0.717) is 12.1 Å². The Bertz CT molecular complexity index is 394. The van der Waals surface area contributed by atoms with Gasteiger partial charge >= 0.3 is 0 Å². The van der Waals surface area contributed by atoms with Crippen molar-refractivity contribution in [3.63, 3.8) is 0 Å². The highest BCUT2D eigenvalue weighted by atomic mass is 19.1. The third kappa shape index (κ3) is 3.00. The Morgan fingerprint density at radius 2 is 2.06 bits per heavy atom. The zero-order valence-electron chi connectivity index (χ0n) is 9.23. The largest absolute Gasteiger partial charge is 0.321 e. The van der Waals surface area contributed by atoms with Crippen LogP contribution in [0, 0.1) is 18.6 Å². The number of amides is 1. The quantitative estimate of drug-likeness (QED) is 0.825. The number of nitrogens with one attached hydrogen (secondary N) is 2. The summed E-state index contributed by atoms with van der Waals surface area (Å²) in [5.74, 6) is -1.91. The van der Waals surface area contributed by atoms with Gasteiger partial charge in [-0.3, -0.25) is 4.79 Å². The van der Waals surface area contributed by atoms with Crippen molar-refractivity contribution in [3.8, 4) is 0 Å². The standard InChI is InChI=1S/C11H14F2N2O/c1-7-3-4-8(12)11(10(7)13)15-9(16)5-6-14-2/h3-4,14H,5-6H2,1-2H3,(H,15,16). The van der Waals surface area contributed by atoms with Gasteiger partial charge in [-0.05, 0) is 25.6 Å². The van der Waals surface area contributed by atoms with Crippen LogP contribution >= 0.6 is 0 Å². The molecule has 0 radical (unpaired) electrons. The zero-order chi connectivity index (χ0) is 12.1. The first kappa shape index (κ1) is 12.6. The normalized spacial score (nSPS) is 10.2. The van der Waals surface area contributed by atoms with Crippen molar-refractivity contribution in [2.75, 3.05) is 18.9 Å². The third-order valence-corrected chi connectivity index (χ3v) is 2.15. The molecule has 0 spiro atoms. The van der Waals surface area contributed by atoms with E-state index in [2.05, 4.69) is 10.6 Å². The summed E-state index contributed by atoms with van der Waals surface area (Å²) >= 11 is 0. The summed E-state index contributed by atoms with van der Waals surface area (Å²) in [6.45, 7) is 1.97. The maximum atomic E-state index is 13.5. The molecule has 0 saturated carbocycles. The minimum absolute atomic E-state index is 0.170. The lowest BCUT2D eigenvalue weighted by Gasteiger charge is -2.08. The molecule has 0 heterocycles. The number of carbonyl (C=O) groups excluding carboxylic acids is 1. The topological polar surface area (TPSA) is 41.1 Å². The fourth-order valence-electron chi connectivity index (χ4n) is 1.21. The molecule has 0 aliphatic heterocycles. The molecule has 0 atom stereocenters. The van der Waals surface area contributed by atoms with Crippen LogP contribution < -0.4 is 10.6 Å². The molecule has 1 aromatic carbocycles. The second kappa shape index (κ2) is 5.55. The van der Waals surface area contributed by atoms with Crippen molar-refractivity contribution in [2.45, 2.75) is 13.3 Å². The van der Waals surface area contributed by atoms with Crippen LogP contribution in [-0.4, -0.2) is 19.5 Å². The Morgan fingerprint density at radius 3 is 2.69 bits per heavy atom. The number of anilines is 1. The fraction of sp³-hybridized carbons (Fsp3) is 0.364. The maximum Gasteiger partial charge on any atom is 0.225 e. The summed E-state index contributed by atoms with van der Waals surface area (Å²) in [6, 6.07) is 2.46. The van der Waals surface area contributed by atoms with E-state index in [1.165, 1.54) is 13.0 Å². The van der Waals surface area contributed by atoms with Gasteiger partial charge in [0.2, 0.25) is 5.91 Å². The average Bonchev–Trinajstić information content (AvgIpc) is 2.27. The molecule has 0 saturated heterocycles. The zero-order valence-corrected chi connectivity index (χ0v) is 9.23. The second-order valence-corrected chi connectivity index (χ2v) is 3.45. The van der Waals surface area contributed by atoms with Gasteiger partial charge in [0.15, 0.2) is 5.82 Å². The average molecular weight is 228 g/mol. The number of hydrogen-bond acceptors (Lipinski definition) is 2. The van der Waals surface area contributed by atoms with Gasteiger partial charge in [0.25, 0.3) is 0 Å². The molecule has 2 N–H and O–H groups in total. The lowest BCUT2D eigenvalue weighted by Crippen LogP contribution is -2.20. The SMILES string of the molecule is CNCCC(=O)Nc1c(F)ccc(C)c1F. The monoisotopic (exact) mass is 228 g/mol. The Balaban J connectivity index is 2.80. The number of carbonyl (C=O) groups is 1. The predicted octanol–water partition coefficient (Wildman–Crippen LogP) is 1.82. The first-order chi connectivity index (χ1) is 7.56. The molecule has 0 fully saturated rings. The molecule has 0 aliphatic rings. The molecule has 1 amide bonds. The van der Waals surface area contributed by atoms with Crippen LogP contribution in [0.1, 0.15) is 12.0 Å². The van der Waals surface area contributed by atoms with E-state index in [-0.39, 0.29) is 12.1 Å².